The molecule has 6 nitrogen and oxygen atoms in total. The van der Waals surface area contributed by atoms with Crippen molar-refractivity contribution in [2.45, 2.75) is 13.3 Å². The number of pyridine rings is 1. The van der Waals surface area contributed by atoms with Gasteiger partial charge in [-0.1, -0.05) is 6.92 Å². The van der Waals surface area contributed by atoms with E-state index >= 15 is 0 Å². The van der Waals surface area contributed by atoms with E-state index < -0.39 is 0 Å². The van der Waals surface area contributed by atoms with Gasteiger partial charge in [0.2, 0.25) is 0 Å². The molecule has 1 N–H and O–H groups in total. The number of hydrogen-bond donors (Lipinski definition) is 1. The highest BCUT2D eigenvalue weighted by molar-refractivity contribution is 5.94. The number of methoxy groups -OCH3 is 1. The van der Waals surface area contributed by atoms with Gasteiger partial charge < -0.3 is 19.9 Å². The SMILES string of the molecule is CCN1CCN(c2ccc(C(=O)NCCCOC)cn2)CC1. The average molecular weight is 306 g/mol. The van der Waals surface area contributed by atoms with E-state index in [1.807, 2.05) is 12.1 Å². The summed E-state index contributed by atoms with van der Waals surface area (Å²) in [6, 6.07) is 3.78. The van der Waals surface area contributed by atoms with Crippen LogP contribution >= 0.6 is 0 Å². The number of carbonyl (C=O) groups excluding carboxylic acids is 1. The summed E-state index contributed by atoms with van der Waals surface area (Å²) < 4.78 is 4.96. The first kappa shape index (κ1) is 16.7. The number of nitrogens with one attached hydrogen (secondary N) is 1. The molecule has 1 amide bonds. The van der Waals surface area contributed by atoms with E-state index in [0.29, 0.717) is 18.7 Å². The highest BCUT2D eigenvalue weighted by Crippen LogP contribution is 2.14. The first-order valence-electron chi connectivity index (χ1n) is 7.95. The molecular formula is C16H26N4O2. The number of rotatable bonds is 7. The lowest BCUT2D eigenvalue weighted by Crippen LogP contribution is -2.46. The van der Waals surface area contributed by atoms with Crippen LogP contribution in [0.15, 0.2) is 18.3 Å². The Morgan fingerprint density at radius 3 is 2.68 bits per heavy atom. The second-order valence-electron chi connectivity index (χ2n) is 5.43. The van der Waals surface area contributed by atoms with Gasteiger partial charge in [-0.05, 0) is 25.1 Å². The van der Waals surface area contributed by atoms with Gasteiger partial charge in [0.05, 0.1) is 5.56 Å². The molecule has 1 fully saturated rings. The average Bonchev–Trinajstić information content (AvgIpc) is 2.59. The normalized spacial score (nSPS) is 15.8. The Morgan fingerprint density at radius 2 is 2.09 bits per heavy atom. The zero-order chi connectivity index (χ0) is 15.8. The predicted molar refractivity (Wildman–Crippen MR) is 87.4 cm³/mol. The maximum atomic E-state index is 12.0. The van der Waals surface area contributed by atoms with Gasteiger partial charge in [0.25, 0.3) is 5.91 Å². The first-order chi connectivity index (χ1) is 10.7. The first-order valence-corrected chi connectivity index (χ1v) is 7.95. The third-order valence-electron chi connectivity index (χ3n) is 3.96. The molecule has 0 spiro atoms. The van der Waals surface area contributed by atoms with E-state index in [-0.39, 0.29) is 5.91 Å². The van der Waals surface area contributed by atoms with Crippen molar-refractivity contribution in [1.82, 2.24) is 15.2 Å². The molecule has 122 valence electrons. The van der Waals surface area contributed by atoms with Crippen molar-refractivity contribution in [2.24, 2.45) is 0 Å². The molecule has 6 heteroatoms. The maximum Gasteiger partial charge on any atom is 0.252 e. The van der Waals surface area contributed by atoms with Gasteiger partial charge in [-0.2, -0.15) is 0 Å². The molecule has 0 aliphatic carbocycles. The van der Waals surface area contributed by atoms with Gasteiger partial charge in [-0.25, -0.2) is 4.98 Å². The summed E-state index contributed by atoms with van der Waals surface area (Å²) in [6.45, 7) is 8.68. The number of likely N-dealkylation sites (N-methyl/N-ethyl adjacent to an activating group) is 1. The zero-order valence-electron chi connectivity index (χ0n) is 13.5. The summed E-state index contributed by atoms with van der Waals surface area (Å²) >= 11 is 0. The van der Waals surface area contributed by atoms with Gasteiger partial charge >= 0.3 is 0 Å². The summed E-state index contributed by atoms with van der Waals surface area (Å²) in [5, 5.41) is 2.87. The molecule has 22 heavy (non-hydrogen) atoms. The number of piperazine rings is 1. The van der Waals surface area contributed by atoms with Crippen LogP contribution in [0, 0.1) is 0 Å². The predicted octanol–water partition coefficient (Wildman–Crippen LogP) is 0.990. The Labute approximate surface area is 132 Å². The summed E-state index contributed by atoms with van der Waals surface area (Å²) in [5.41, 5.74) is 0.605. The van der Waals surface area contributed by atoms with Crippen molar-refractivity contribution in [2.75, 3.05) is 57.9 Å². The molecular weight excluding hydrogens is 280 g/mol. The lowest BCUT2D eigenvalue weighted by atomic mass is 10.2. The highest BCUT2D eigenvalue weighted by Gasteiger charge is 2.17. The fourth-order valence-electron chi connectivity index (χ4n) is 2.52. The van der Waals surface area contributed by atoms with Gasteiger partial charge in [-0.3, -0.25) is 4.79 Å². The minimum atomic E-state index is -0.0778. The number of nitrogens with zero attached hydrogens (tertiary/aromatic N) is 3. The summed E-state index contributed by atoms with van der Waals surface area (Å²) in [6.07, 6.45) is 2.47. The van der Waals surface area contributed by atoms with Gasteiger partial charge in [0.1, 0.15) is 5.82 Å². The van der Waals surface area contributed by atoms with Crippen LogP contribution in [0.1, 0.15) is 23.7 Å². The minimum Gasteiger partial charge on any atom is -0.385 e. The van der Waals surface area contributed by atoms with Crippen LogP contribution in [0.4, 0.5) is 5.82 Å². The van der Waals surface area contributed by atoms with E-state index in [1.54, 1.807) is 13.3 Å². The molecule has 0 bridgehead atoms. The third-order valence-corrected chi connectivity index (χ3v) is 3.96. The Morgan fingerprint density at radius 1 is 1.32 bits per heavy atom. The van der Waals surface area contributed by atoms with Crippen molar-refractivity contribution in [1.29, 1.82) is 0 Å². The molecule has 1 aromatic heterocycles. The Hall–Kier alpha value is -1.66. The van der Waals surface area contributed by atoms with E-state index in [4.69, 9.17) is 4.74 Å². The fourth-order valence-corrected chi connectivity index (χ4v) is 2.52. The van der Waals surface area contributed by atoms with E-state index in [2.05, 4.69) is 27.0 Å². The zero-order valence-corrected chi connectivity index (χ0v) is 13.5. The molecule has 1 aromatic rings. The van der Waals surface area contributed by atoms with Crippen LogP contribution in [0.2, 0.25) is 0 Å². The molecule has 2 rings (SSSR count). The fraction of sp³-hybridized carbons (Fsp3) is 0.625. The van der Waals surface area contributed by atoms with Crippen LogP contribution in [0.25, 0.3) is 0 Å². The van der Waals surface area contributed by atoms with E-state index in [1.165, 1.54) is 0 Å². The highest BCUT2D eigenvalue weighted by atomic mass is 16.5. The Kier molecular flexibility index (Phi) is 6.61. The Balaban J connectivity index is 1.83. The van der Waals surface area contributed by atoms with Crippen LogP contribution in [-0.2, 0) is 4.74 Å². The number of ether oxygens (including phenoxy) is 1. The number of aromatic nitrogens is 1. The van der Waals surface area contributed by atoms with Gasteiger partial charge in [0.15, 0.2) is 0 Å². The molecule has 1 saturated heterocycles. The largest absolute Gasteiger partial charge is 0.385 e. The van der Waals surface area contributed by atoms with Crippen molar-refractivity contribution in [3.63, 3.8) is 0 Å². The van der Waals surface area contributed by atoms with Crippen molar-refractivity contribution < 1.29 is 9.53 Å². The third kappa shape index (κ3) is 4.68. The van der Waals surface area contributed by atoms with Crippen LogP contribution in [0.3, 0.4) is 0 Å². The molecule has 0 atom stereocenters. The molecule has 1 aliphatic rings. The molecule has 0 unspecified atom stereocenters. The number of hydrogen-bond acceptors (Lipinski definition) is 5. The summed E-state index contributed by atoms with van der Waals surface area (Å²) in [4.78, 5) is 21.1. The standard InChI is InChI=1S/C16H26N4O2/c1-3-19-8-10-20(11-9-19)15-6-5-14(13-18-15)16(21)17-7-4-12-22-2/h5-6,13H,3-4,7-12H2,1-2H3,(H,17,21). The van der Waals surface area contributed by atoms with Gasteiger partial charge in [0, 0.05) is 52.6 Å². The molecule has 0 radical (unpaired) electrons. The smallest absolute Gasteiger partial charge is 0.252 e. The second kappa shape index (κ2) is 8.70. The molecule has 0 saturated carbocycles. The lowest BCUT2D eigenvalue weighted by Gasteiger charge is -2.34. The van der Waals surface area contributed by atoms with Crippen LogP contribution < -0.4 is 10.2 Å². The van der Waals surface area contributed by atoms with E-state index in [0.717, 1.165) is 45.0 Å². The quantitative estimate of drug-likeness (QED) is 0.761. The lowest BCUT2D eigenvalue weighted by molar-refractivity contribution is 0.0948. The minimum absolute atomic E-state index is 0.0778. The number of carbonyl (C=O) groups is 1. The summed E-state index contributed by atoms with van der Waals surface area (Å²) in [7, 11) is 1.66. The second-order valence-corrected chi connectivity index (χ2v) is 5.43. The van der Waals surface area contributed by atoms with Crippen LogP contribution in [-0.4, -0.2) is 68.8 Å². The monoisotopic (exact) mass is 306 g/mol. The van der Waals surface area contributed by atoms with Crippen molar-refractivity contribution >= 4 is 11.7 Å². The molecule has 0 aromatic carbocycles. The maximum absolute atomic E-state index is 12.0. The number of amides is 1. The topological polar surface area (TPSA) is 57.7 Å². The number of anilines is 1. The van der Waals surface area contributed by atoms with Crippen LogP contribution in [0.5, 0.6) is 0 Å². The molecule has 1 aliphatic heterocycles. The summed E-state index contributed by atoms with van der Waals surface area (Å²) in [5.74, 6) is 0.873. The Bertz CT molecular complexity index is 456. The van der Waals surface area contributed by atoms with Crippen molar-refractivity contribution in [3.05, 3.63) is 23.9 Å². The van der Waals surface area contributed by atoms with Gasteiger partial charge in [-0.15, -0.1) is 0 Å². The van der Waals surface area contributed by atoms with Crippen molar-refractivity contribution in [3.8, 4) is 0 Å². The van der Waals surface area contributed by atoms with E-state index in [9.17, 15) is 4.79 Å². The molecule has 2 heterocycles.